The zero-order chi connectivity index (χ0) is 42.2. The van der Waals surface area contributed by atoms with Crippen LogP contribution in [0.5, 0.6) is 11.5 Å². The molecule has 0 fully saturated rings. The van der Waals surface area contributed by atoms with Gasteiger partial charge in [0, 0.05) is 19.6 Å². The van der Waals surface area contributed by atoms with Crippen LogP contribution in [0.25, 0.3) is 0 Å². The van der Waals surface area contributed by atoms with Crippen LogP contribution in [0.1, 0.15) is 150 Å². The van der Waals surface area contributed by atoms with E-state index in [1.54, 1.807) is 30.3 Å². The van der Waals surface area contributed by atoms with Crippen LogP contribution in [0, 0.1) is 24.5 Å². The predicted octanol–water partition coefficient (Wildman–Crippen LogP) is 15.5. The molecule has 55 heavy (non-hydrogen) atoms. The molecular formula is C44H69Br2ClF2O5S. The van der Waals surface area contributed by atoms with Gasteiger partial charge in [-0.2, -0.15) is 0 Å². The van der Waals surface area contributed by atoms with E-state index in [0.717, 1.165) is 35.2 Å². The number of benzene rings is 3. The molecule has 0 bridgehead atoms. The van der Waals surface area contributed by atoms with Crippen LogP contribution in [0.4, 0.5) is 8.78 Å². The Labute approximate surface area is 354 Å². The molecule has 316 valence electrons. The molecule has 0 saturated heterocycles. The largest absolute Gasteiger partial charge is 0.505 e. The number of aliphatic hydroxyl groups is 1. The molecule has 0 heterocycles. The van der Waals surface area contributed by atoms with E-state index < -0.39 is 14.9 Å². The van der Waals surface area contributed by atoms with E-state index >= 15 is 0 Å². The zero-order valence-corrected chi connectivity index (χ0v) is 39.3. The fourth-order valence-electron chi connectivity index (χ4n) is 4.73. The molecule has 2 N–H and O–H groups in total. The minimum atomic E-state index is -3.55. The summed E-state index contributed by atoms with van der Waals surface area (Å²) >= 11 is 6.27. The van der Waals surface area contributed by atoms with Crippen molar-refractivity contribution in [3.05, 3.63) is 86.8 Å². The Morgan fingerprint density at radius 3 is 1.53 bits per heavy atom. The van der Waals surface area contributed by atoms with Gasteiger partial charge in [0.15, 0.2) is 23.1 Å². The first-order chi connectivity index (χ1) is 25.9. The topological polar surface area (TPSA) is 83.8 Å². The van der Waals surface area contributed by atoms with Crippen LogP contribution in [-0.2, 0) is 9.05 Å². The second-order valence-electron chi connectivity index (χ2n) is 14.1. The molecular weight excluding hydrogens is 874 g/mol. The van der Waals surface area contributed by atoms with Gasteiger partial charge in [-0.25, -0.2) is 17.2 Å². The second kappa shape index (κ2) is 34.3. The normalized spacial score (nSPS) is 11.7. The first-order valence-corrected chi connectivity index (χ1v) is 23.7. The lowest BCUT2D eigenvalue weighted by atomic mass is 10.1. The number of hydrogen-bond donors (Lipinski definition) is 2. The van der Waals surface area contributed by atoms with E-state index in [9.17, 15) is 17.2 Å². The van der Waals surface area contributed by atoms with Crippen molar-refractivity contribution in [3.8, 4) is 11.5 Å². The van der Waals surface area contributed by atoms with Crippen LogP contribution >= 0.6 is 42.5 Å². The monoisotopic (exact) mass is 940 g/mol. The van der Waals surface area contributed by atoms with Crippen molar-refractivity contribution < 1.29 is 32.1 Å². The summed E-state index contributed by atoms with van der Waals surface area (Å²) in [6.45, 7) is 17.0. The van der Waals surface area contributed by atoms with Crippen molar-refractivity contribution in [2.45, 2.75) is 169 Å². The number of halogens is 5. The van der Waals surface area contributed by atoms with Crippen LogP contribution in [-0.4, -0.2) is 30.8 Å². The zero-order valence-electron chi connectivity index (χ0n) is 34.5. The second-order valence-corrected chi connectivity index (χ2v) is 18.5. The lowest BCUT2D eigenvalue weighted by Crippen LogP contribution is -2.12. The SMILES string of the molecule is CCCCCCC(C)C.CCCCCCC(C)O.CCCCCCC(C)Oc1ccc(Br)cc1F.Cc1ccc(S(=O)(=O)Cl)cc1.Oc1ccc(Br)cc1F. The Balaban J connectivity index is 0. The summed E-state index contributed by atoms with van der Waals surface area (Å²) in [5.74, 6) is 0.0143. The van der Waals surface area contributed by atoms with E-state index in [2.05, 4.69) is 66.5 Å². The van der Waals surface area contributed by atoms with Crippen molar-refractivity contribution in [1.29, 1.82) is 0 Å². The number of phenols is 1. The van der Waals surface area contributed by atoms with Crippen molar-refractivity contribution >= 4 is 51.6 Å². The minimum absolute atomic E-state index is 0.0718. The van der Waals surface area contributed by atoms with E-state index in [1.807, 2.05) is 20.8 Å². The van der Waals surface area contributed by atoms with Gasteiger partial charge in [0.25, 0.3) is 9.05 Å². The maximum Gasteiger partial charge on any atom is 0.261 e. The molecule has 0 aliphatic rings. The van der Waals surface area contributed by atoms with Gasteiger partial charge in [-0.05, 0) is 94.5 Å². The Bertz CT molecular complexity index is 1460. The summed E-state index contributed by atoms with van der Waals surface area (Å²) in [6, 6.07) is 15.3. The molecule has 2 unspecified atom stereocenters. The Morgan fingerprint density at radius 2 is 1.13 bits per heavy atom. The predicted molar refractivity (Wildman–Crippen MR) is 237 cm³/mol. The first kappa shape index (κ1) is 55.4. The number of hydrogen-bond acceptors (Lipinski definition) is 5. The molecule has 5 nitrogen and oxygen atoms in total. The molecule has 0 amide bonds. The molecule has 0 radical (unpaired) electrons. The van der Waals surface area contributed by atoms with Gasteiger partial charge in [0.1, 0.15) is 0 Å². The summed E-state index contributed by atoms with van der Waals surface area (Å²) in [5.41, 5.74) is 1.01. The van der Waals surface area contributed by atoms with Gasteiger partial charge in [-0.3, -0.25) is 0 Å². The van der Waals surface area contributed by atoms with E-state index in [-0.39, 0.29) is 28.7 Å². The molecule has 3 rings (SSSR count). The van der Waals surface area contributed by atoms with Crippen molar-refractivity contribution in [2.24, 2.45) is 5.92 Å². The number of aryl methyl sites for hydroxylation is 1. The molecule has 0 aliphatic carbocycles. The molecule has 0 aliphatic heterocycles. The molecule has 3 aromatic rings. The van der Waals surface area contributed by atoms with Crippen LogP contribution in [0.15, 0.2) is 74.5 Å². The molecule has 3 aromatic carbocycles. The molecule has 11 heteroatoms. The van der Waals surface area contributed by atoms with Crippen molar-refractivity contribution in [1.82, 2.24) is 0 Å². The summed E-state index contributed by atoms with van der Waals surface area (Å²) in [7, 11) is 1.54. The van der Waals surface area contributed by atoms with Gasteiger partial charge in [0.2, 0.25) is 0 Å². The van der Waals surface area contributed by atoms with Gasteiger partial charge < -0.3 is 14.9 Å². The number of ether oxygens (including phenoxy) is 1. The van der Waals surface area contributed by atoms with Gasteiger partial charge in [-0.15, -0.1) is 0 Å². The first-order valence-electron chi connectivity index (χ1n) is 19.8. The summed E-state index contributed by atoms with van der Waals surface area (Å²) in [6.07, 6.45) is 18.9. The maximum absolute atomic E-state index is 13.5. The highest BCUT2D eigenvalue weighted by molar-refractivity contribution is 9.10. The van der Waals surface area contributed by atoms with E-state index in [4.69, 9.17) is 25.6 Å². The fraction of sp³-hybridized carbons (Fsp3) is 0.591. The summed E-state index contributed by atoms with van der Waals surface area (Å²) < 4.78 is 54.2. The molecule has 0 aromatic heterocycles. The Morgan fingerprint density at radius 1 is 0.673 bits per heavy atom. The van der Waals surface area contributed by atoms with Crippen molar-refractivity contribution in [2.75, 3.05) is 0 Å². The third kappa shape index (κ3) is 34.1. The number of aliphatic hydroxyl groups excluding tert-OH is 1. The molecule has 2 atom stereocenters. The van der Waals surface area contributed by atoms with Crippen LogP contribution < -0.4 is 4.74 Å². The standard InChI is InChI=1S/C14H20BrFO.C9H20.C8H18O.C7H7ClO2S.C6H4BrFO/c1-3-4-5-6-7-11(2)17-14-9-8-12(15)10-13(14)16;1-4-5-6-7-8-9(2)3;1-3-4-5-6-7-8(2)9;1-6-2-4-7(5-3-6)11(8,9)10;7-4-1-2-6(9)5(8)3-4/h8-11H,3-7H2,1-2H3;9H,4-8H2,1-3H3;8-9H,3-7H2,1-2H3;2-5H,1H3;1-3,9H. The van der Waals surface area contributed by atoms with Crippen LogP contribution in [0.2, 0.25) is 0 Å². The number of phenolic OH excluding ortho intramolecular Hbond substituents is 1. The Kier molecular flexibility index (Phi) is 34.6. The average molecular weight is 943 g/mol. The van der Waals surface area contributed by atoms with Gasteiger partial charge >= 0.3 is 0 Å². The highest BCUT2D eigenvalue weighted by Gasteiger charge is 2.09. The summed E-state index contributed by atoms with van der Waals surface area (Å²) in [5, 5.41) is 17.5. The average Bonchev–Trinajstić information content (AvgIpc) is 3.11. The van der Waals surface area contributed by atoms with Gasteiger partial charge in [-0.1, -0.05) is 161 Å². The third-order valence-corrected chi connectivity index (χ3v) is 10.4. The number of aromatic hydroxyl groups is 1. The van der Waals surface area contributed by atoms with Crippen LogP contribution in [0.3, 0.4) is 0 Å². The smallest absolute Gasteiger partial charge is 0.261 e. The number of unbranched alkanes of at least 4 members (excludes halogenated alkanes) is 9. The summed E-state index contributed by atoms with van der Waals surface area (Å²) in [4.78, 5) is 0.143. The van der Waals surface area contributed by atoms with Gasteiger partial charge in [0.05, 0.1) is 17.1 Å². The Hall–Kier alpha value is -1.72. The lowest BCUT2D eigenvalue weighted by Gasteiger charge is -2.15. The van der Waals surface area contributed by atoms with Crippen molar-refractivity contribution in [3.63, 3.8) is 0 Å². The van der Waals surface area contributed by atoms with E-state index in [1.165, 1.54) is 107 Å². The number of rotatable bonds is 18. The highest BCUT2D eigenvalue weighted by Crippen LogP contribution is 2.24. The quantitative estimate of drug-likeness (QED) is 0.0980. The van der Waals surface area contributed by atoms with E-state index in [0.29, 0.717) is 10.2 Å². The molecule has 0 spiro atoms. The lowest BCUT2D eigenvalue weighted by molar-refractivity contribution is 0.180. The maximum atomic E-state index is 13.5. The fourth-order valence-corrected chi connectivity index (χ4v) is 6.17. The highest BCUT2D eigenvalue weighted by atomic mass is 79.9. The molecule has 0 saturated carbocycles. The minimum Gasteiger partial charge on any atom is -0.505 e. The third-order valence-electron chi connectivity index (χ3n) is 8.01.